The summed E-state index contributed by atoms with van der Waals surface area (Å²) in [4.78, 5) is 0. The molecule has 0 spiro atoms. The Hall–Kier alpha value is -1.20. The molecule has 0 radical (unpaired) electrons. The summed E-state index contributed by atoms with van der Waals surface area (Å²) < 4.78 is 28.4. The molecule has 0 saturated heterocycles. The lowest BCUT2D eigenvalue weighted by atomic mass is 10.0. The van der Waals surface area contributed by atoms with Crippen molar-refractivity contribution in [2.24, 2.45) is 5.92 Å². The van der Waals surface area contributed by atoms with Gasteiger partial charge < -0.3 is 15.2 Å². The number of aliphatic hydroxyl groups excluding tert-OH is 1. The lowest BCUT2D eigenvalue weighted by molar-refractivity contribution is -0.0498. The molecule has 20 heavy (non-hydrogen) atoms. The predicted octanol–water partition coefficient (Wildman–Crippen LogP) is 3.35. The summed E-state index contributed by atoms with van der Waals surface area (Å²) in [5.74, 6) is 0.617. The molecule has 0 aromatic heterocycles. The average Bonchev–Trinajstić information content (AvgIpc) is 2.43. The summed E-state index contributed by atoms with van der Waals surface area (Å²) in [6.07, 6.45) is 1.80. The zero-order valence-corrected chi connectivity index (χ0v) is 12.0. The van der Waals surface area contributed by atoms with Crippen LogP contribution in [0.15, 0.2) is 24.3 Å². The number of benzene rings is 1. The Bertz CT molecular complexity index is 371. The van der Waals surface area contributed by atoms with Gasteiger partial charge in [0.15, 0.2) is 0 Å². The Kier molecular flexibility index (Phi) is 7.47. The molecule has 0 heterocycles. The summed E-state index contributed by atoms with van der Waals surface area (Å²) in [5.41, 5.74) is 1.02. The topological polar surface area (TPSA) is 41.5 Å². The molecule has 5 heteroatoms. The highest BCUT2D eigenvalue weighted by Gasteiger charge is 2.10. The van der Waals surface area contributed by atoms with Gasteiger partial charge in [0.2, 0.25) is 0 Å². The van der Waals surface area contributed by atoms with Crippen molar-refractivity contribution >= 4 is 0 Å². The van der Waals surface area contributed by atoms with E-state index in [1.165, 1.54) is 0 Å². The number of aliphatic hydroxyl groups is 1. The third kappa shape index (κ3) is 5.84. The molecule has 0 amide bonds. The van der Waals surface area contributed by atoms with Crippen molar-refractivity contribution in [1.82, 2.24) is 5.32 Å². The molecule has 2 unspecified atom stereocenters. The number of rotatable bonds is 9. The fourth-order valence-corrected chi connectivity index (χ4v) is 2.03. The molecular weight excluding hydrogens is 264 g/mol. The predicted molar refractivity (Wildman–Crippen MR) is 75.0 cm³/mol. The molecule has 2 N–H and O–H groups in total. The normalized spacial score (nSPS) is 14.3. The van der Waals surface area contributed by atoms with Crippen molar-refractivity contribution in [3.63, 3.8) is 0 Å². The number of nitrogens with one attached hydrogen (secondary N) is 1. The molecule has 0 aliphatic rings. The van der Waals surface area contributed by atoms with Crippen LogP contribution in [0.2, 0.25) is 0 Å². The highest BCUT2D eigenvalue weighted by molar-refractivity contribution is 5.28. The maximum absolute atomic E-state index is 12.0. The molecule has 0 fully saturated rings. The first-order valence-electron chi connectivity index (χ1n) is 6.95. The second-order valence-corrected chi connectivity index (χ2v) is 4.86. The Labute approximate surface area is 119 Å². The molecule has 2 atom stereocenters. The molecular formula is C15H23F2NO2. The molecule has 0 aliphatic heterocycles. The molecule has 0 saturated carbocycles. The van der Waals surface area contributed by atoms with E-state index in [1.54, 1.807) is 24.3 Å². The van der Waals surface area contributed by atoms with Crippen LogP contribution < -0.4 is 10.1 Å². The zero-order chi connectivity index (χ0) is 15.0. The molecule has 0 bridgehead atoms. The van der Waals surface area contributed by atoms with E-state index in [4.69, 9.17) is 5.11 Å². The first kappa shape index (κ1) is 16.9. The first-order valence-corrected chi connectivity index (χ1v) is 6.95. The summed E-state index contributed by atoms with van der Waals surface area (Å²) in [5, 5.41) is 12.3. The third-order valence-electron chi connectivity index (χ3n) is 3.43. The lowest BCUT2D eigenvalue weighted by Crippen LogP contribution is -2.26. The Balaban J connectivity index is 2.48. The van der Waals surface area contributed by atoms with Gasteiger partial charge in [-0.15, -0.1) is 0 Å². The minimum atomic E-state index is -2.79. The van der Waals surface area contributed by atoms with Crippen molar-refractivity contribution in [2.75, 3.05) is 13.2 Å². The number of ether oxygens (including phenoxy) is 1. The third-order valence-corrected chi connectivity index (χ3v) is 3.43. The van der Waals surface area contributed by atoms with Gasteiger partial charge in [-0.25, -0.2) is 0 Å². The van der Waals surface area contributed by atoms with Gasteiger partial charge in [0.25, 0.3) is 0 Å². The van der Waals surface area contributed by atoms with Crippen molar-refractivity contribution in [3.8, 4) is 5.75 Å². The van der Waals surface area contributed by atoms with E-state index in [9.17, 15) is 8.78 Å². The van der Waals surface area contributed by atoms with Crippen LogP contribution in [-0.4, -0.2) is 24.9 Å². The monoisotopic (exact) mass is 287 g/mol. The average molecular weight is 287 g/mol. The van der Waals surface area contributed by atoms with Crippen molar-refractivity contribution < 1.29 is 18.6 Å². The highest BCUT2D eigenvalue weighted by Crippen LogP contribution is 2.19. The van der Waals surface area contributed by atoms with Gasteiger partial charge in [-0.05, 0) is 43.5 Å². The van der Waals surface area contributed by atoms with Gasteiger partial charge in [-0.2, -0.15) is 8.78 Å². The van der Waals surface area contributed by atoms with Crippen LogP contribution in [0, 0.1) is 5.92 Å². The van der Waals surface area contributed by atoms with Crippen LogP contribution in [-0.2, 0) is 0 Å². The molecule has 114 valence electrons. The Morgan fingerprint density at radius 1 is 1.25 bits per heavy atom. The number of halogens is 2. The minimum Gasteiger partial charge on any atom is -0.435 e. The largest absolute Gasteiger partial charge is 0.435 e. The maximum atomic E-state index is 12.0. The van der Waals surface area contributed by atoms with E-state index < -0.39 is 6.61 Å². The SMILES string of the molecule is CCC(CCO)CNC(C)c1ccc(OC(F)F)cc1. The van der Waals surface area contributed by atoms with Crippen LogP contribution in [0.1, 0.15) is 38.3 Å². The van der Waals surface area contributed by atoms with Gasteiger partial charge in [0, 0.05) is 12.6 Å². The second kappa shape index (κ2) is 8.87. The van der Waals surface area contributed by atoms with Crippen LogP contribution in [0.3, 0.4) is 0 Å². The summed E-state index contributed by atoms with van der Waals surface area (Å²) >= 11 is 0. The lowest BCUT2D eigenvalue weighted by Gasteiger charge is -2.19. The zero-order valence-electron chi connectivity index (χ0n) is 12.0. The first-order chi connectivity index (χ1) is 9.56. The van der Waals surface area contributed by atoms with Crippen LogP contribution >= 0.6 is 0 Å². The van der Waals surface area contributed by atoms with Crippen LogP contribution in [0.4, 0.5) is 8.78 Å². The van der Waals surface area contributed by atoms with Gasteiger partial charge in [-0.3, -0.25) is 0 Å². The minimum absolute atomic E-state index is 0.128. The highest BCUT2D eigenvalue weighted by atomic mass is 19.3. The smallest absolute Gasteiger partial charge is 0.387 e. The van der Waals surface area contributed by atoms with E-state index in [0.29, 0.717) is 5.92 Å². The quantitative estimate of drug-likeness (QED) is 0.732. The van der Waals surface area contributed by atoms with Gasteiger partial charge >= 0.3 is 6.61 Å². The van der Waals surface area contributed by atoms with Gasteiger partial charge in [0.1, 0.15) is 5.75 Å². The van der Waals surface area contributed by atoms with Gasteiger partial charge in [-0.1, -0.05) is 25.5 Å². The number of hydrogen-bond donors (Lipinski definition) is 2. The van der Waals surface area contributed by atoms with Crippen molar-refractivity contribution in [2.45, 2.75) is 39.3 Å². The summed E-state index contributed by atoms with van der Waals surface area (Å²) in [6.45, 7) is 2.36. The van der Waals surface area contributed by atoms with E-state index in [2.05, 4.69) is 17.0 Å². The Morgan fingerprint density at radius 3 is 2.40 bits per heavy atom. The fraction of sp³-hybridized carbons (Fsp3) is 0.600. The van der Waals surface area contributed by atoms with E-state index >= 15 is 0 Å². The number of alkyl halides is 2. The molecule has 1 rings (SSSR count). The van der Waals surface area contributed by atoms with E-state index in [-0.39, 0.29) is 18.4 Å². The molecule has 0 aliphatic carbocycles. The van der Waals surface area contributed by atoms with Crippen LogP contribution in [0.5, 0.6) is 5.75 Å². The number of hydrogen-bond acceptors (Lipinski definition) is 3. The molecule has 1 aromatic rings. The van der Waals surface area contributed by atoms with Crippen LogP contribution in [0.25, 0.3) is 0 Å². The van der Waals surface area contributed by atoms with E-state index in [0.717, 1.165) is 24.9 Å². The van der Waals surface area contributed by atoms with Crippen molar-refractivity contribution in [3.05, 3.63) is 29.8 Å². The second-order valence-electron chi connectivity index (χ2n) is 4.86. The molecule has 1 aromatic carbocycles. The van der Waals surface area contributed by atoms with Crippen molar-refractivity contribution in [1.29, 1.82) is 0 Å². The van der Waals surface area contributed by atoms with E-state index in [1.807, 2.05) is 6.92 Å². The van der Waals surface area contributed by atoms with Gasteiger partial charge in [0.05, 0.1) is 0 Å². The fourth-order valence-electron chi connectivity index (χ4n) is 2.03. The molecule has 3 nitrogen and oxygen atoms in total. The standard InChI is InChI=1S/C15H23F2NO2/c1-3-12(8-9-19)10-18-11(2)13-4-6-14(7-5-13)20-15(16)17/h4-7,11-12,15,18-19H,3,8-10H2,1-2H3. The summed E-state index contributed by atoms with van der Waals surface area (Å²) in [6, 6.07) is 6.78. The maximum Gasteiger partial charge on any atom is 0.387 e. The Morgan fingerprint density at radius 2 is 1.90 bits per heavy atom. The summed E-state index contributed by atoms with van der Waals surface area (Å²) in [7, 11) is 0.